The predicted molar refractivity (Wildman–Crippen MR) is 51.4 cm³/mol. The molecule has 0 aromatic heterocycles. The molecule has 0 aliphatic rings. The van der Waals surface area contributed by atoms with E-state index in [0.717, 1.165) is 0 Å². The zero-order chi connectivity index (χ0) is 11.2. The average Bonchev–Trinajstić information content (AvgIpc) is 2.15. The Hall–Kier alpha value is -1.11. The van der Waals surface area contributed by atoms with Gasteiger partial charge in [-0.1, -0.05) is 6.92 Å². The van der Waals surface area contributed by atoms with Crippen molar-refractivity contribution in [3.63, 3.8) is 0 Å². The quantitative estimate of drug-likeness (QED) is 0.723. The second-order valence-electron chi connectivity index (χ2n) is 2.90. The van der Waals surface area contributed by atoms with E-state index in [4.69, 9.17) is 10.5 Å². The molecule has 0 radical (unpaired) electrons. The molecule has 0 heterocycles. The Kier molecular flexibility index (Phi) is 5.14. The van der Waals surface area contributed by atoms with E-state index in [1.807, 2.05) is 6.07 Å². The van der Waals surface area contributed by atoms with Crippen LogP contribution in [-0.4, -0.2) is 19.7 Å². The molecular formula is C8H13N3O2S. The molecule has 14 heavy (non-hydrogen) atoms. The molecule has 6 heteroatoms. The van der Waals surface area contributed by atoms with Crippen molar-refractivity contribution in [1.29, 1.82) is 10.5 Å². The molecule has 0 spiro atoms. The second kappa shape index (κ2) is 5.58. The minimum absolute atomic E-state index is 0.119. The van der Waals surface area contributed by atoms with Gasteiger partial charge in [-0.25, -0.2) is 13.1 Å². The van der Waals surface area contributed by atoms with Gasteiger partial charge < -0.3 is 0 Å². The minimum Gasteiger partial charge on any atom is -0.211 e. The van der Waals surface area contributed by atoms with Gasteiger partial charge in [0.25, 0.3) is 0 Å². The molecule has 0 aliphatic carbocycles. The van der Waals surface area contributed by atoms with Gasteiger partial charge in [0.2, 0.25) is 10.0 Å². The van der Waals surface area contributed by atoms with Gasteiger partial charge in [0.05, 0.1) is 18.6 Å². The molecule has 0 rings (SSSR count). The van der Waals surface area contributed by atoms with Crippen molar-refractivity contribution in [3.05, 3.63) is 0 Å². The van der Waals surface area contributed by atoms with E-state index in [1.54, 1.807) is 13.0 Å². The van der Waals surface area contributed by atoms with Gasteiger partial charge >= 0.3 is 0 Å². The SMILES string of the molecule is CCC(CC#N)NS(=O)(=O)C(C)C#N. The lowest BCUT2D eigenvalue weighted by Gasteiger charge is -2.14. The average molecular weight is 215 g/mol. The highest BCUT2D eigenvalue weighted by Gasteiger charge is 2.23. The van der Waals surface area contributed by atoms with Crippen LogP contribution in [0.25, 0.3) is 0 Å². The van der Waals surface area contributed by atoms with Crippen LogP contribution in [0.5, 0.6) is 0 Å². The van der Waals surface area contributed by atoms with Gasteiger partial charge in [-0.05, 0) is 13.3 Å². The van der Waals surface area contributed by atoms with E-state index in [9.17, 15) is 8.42 Å². The van der Waals surface area contributed by atoms with Crippen molar-refractivity contribution >= 4 is 10.0 Å². The summed E-state index contributed by atoms with van der Waals surface area (Å²) in [6.07, 6.45) is 0.652. The number of rotatable bonds is 5. The Balaban J connectivity index is 4.52. The van der Waals surface area contributed by atoms with Gasteiger partial charge in [0.1, 0.15) is 0 Å². The summed E-state index contributed by atoms with van der Waals surface area (Å²) >= 11 is 0. The fourth-order valence-electron chi connectivity index (χ4n) is 0.783. The summed E-state index contributed by atoms with van der Waals surface area (Å²) in [5, 5.41) is 15.8. The van der Waals surface area contributed by atoms with Crippen molar-refractivity contribution in [3.8, 4) is 12.1 Å². The van der Waals surface area contributed by atoms with Crippen LogP contribution >= 0.6 is 0 Å². The summed E-state index contributed by atoms with van der Waals surface area (Å²) in [6, 6.07) is 3.13. The highest BCUT2D eigenvalue weighted by molar-refractivity contribution is 7.90. The number of sulfonamides is 1. The standard InChI is InChI=1S/C8H13N3O2S/c1-3-8(4-5-9)11-14(12,13)7(2)6-10/h7-8,11H,3-4H2,1-2H3. The maximum absolute atomic E-state index is 11.4. The Bertz CT molecular complexity index is 350. The minimum atomic E-state index is -3.61. The molecule has 0 saturated heterocycles. The van der Waals surface area contributed by atoms with Crippen LogP contribution in [0.15, 0.2) is 0 Å². The van der Waals surface area contributed by atoms with Crippen molar-refractivity contribution in [2.75, 3.05) is 0 Å². The number of hydrogen-bond donors (Lipinski definition) is 1. The maximum atomic E-state index is 11.4. The summed E-state index contributed by atoms with van der Waals surface area (Å²) < 4.78 is 25.0. The van der Waals surface area contributed by atoms with Crippen LogP contribution in [0.4, 0.5) is 0 Å². The van der Waals surface area contributed by atoms with Crippen LogP contribution in [0, 0.1) is 22.7 Å². The Morgan fingerprint density at radius 2 is 2.00 bits per heavy atom. The molecule has 2 atom stereocenters. The summed E-state index contributed by atoms with van der Waals surface area (Å²) in [6.45, 7) is 3.09. The van der Waals surface area contributed by atoms with Crippen molar-refractivity contribution in [2.45, 2.75) is 38.0 Å². The molecule has 0 bridgehead atoms. The van der Waals surface area contributed by atoms with E-state index in [1.165, 1.54) is 6.92 Å². The molecule has 0 saturated carbocycles. The zero-order valence-electron chi connectivity index (χ0n) is 8.19. The second-order valence-corrected chi connectivity index (χ2v) is 4.93. The van der Waals surface area contributed by atoms with Crippen LogP contribution in [0.3, 0.4) is 0 Å². The van der Waals surface area contributed by atoms with Gasteiger partial charge in [-0.3, -0.25) is 0 Å². The van der Waals surface area contributed by atoms with E-state index < -0.39 is 21.3 Å². The first kappa shape index (κ1) is 12.9. The number of hydrogen-bond acceptors (Lipinski definition) is 4. The largest absolute Gasteiger partial charge is 0.227 e. The monoisotopic (exact) mass is 215 g/mol. The summed E-state index contributed by atoms with van der Waals surface area (Å²) in [4.78, 5) is 0. The molecule has 0 amide bonds. The van der Waals surface area contributed by atoms with Crippen molar-refractivity contribution in [2.24, 2.45) is 0 Å². The van der Waals surface area contributed by atoms with Gasteiger partial charge in [-0.2, -0.15) is 10.5 Å². The molecule has 0 aromatic carbocycles. The lowest BCUT2D eigenvalue weighted by molar-refractivity contribution is 0.539. The van der Waals surface area contributed by atoms with Crippen LogP contribution < -0.4 is 4.72 Å². The Labute approximate surface area is 84.4 Å². The fraction of sp³-hybridized carbons (Fsp3) is 0.750. The van der Waals surface area contributed by atoms with Gasteiger partial charge in [0, 0.05) is 6.04 Å². The maximum Gasteiger partial charge on any atom is 0.227 e. The third-order valence-corrected chi connectivity index (χ3v) is 3.51. The van der Waals surface area contributed by atoms with Gasteiger partial charge in [0.15, 0.2) is 5.25 Å². The first-order chi connectivity index (χ1) is 6.47. The van der Waals surface area contributed by atoms with Crippen LogP contribution in [-0.2, 0) is 10.0 Å². The Morgan fingerprint density at radius 1 is 1.43 bits per heavy atom. The van der Waals surface area contributed by atoms with E-state index in [2.05, 4.69) is 4.72 Å². The first-order valence-electron chi connectivity index (χ1n) is 4.25. The smallest absolute Gasteiger partial charge is 0.211 e. The molecule has 1 N–H and O–H groups in total. The van der Waals surface area contributed by atoms with Gasteiger partial charge in [-0.15, -0.1) is 0 Å². The molecule has 78 valence electrons. The Morgan fingerprint density at radius 3 is 2.36 bits per heavy atom. The highest BCUT2D eigenvalue weighted by Crippen LogP contribution is 2.03. The third kappa shape index (κ3) is 3.73. The molecule has 5 nitrogen and oxygen atoms in total. The normalized spacial score (nSPS) is 15.1. The summed E-state index contributed by atoms with van der Waals surface area (Å²) in [5.41, 5.74) is 0. The third-order valence-electron chi connectivity index (χ3n) is 1.81. The van der Waals surface area contributed by atoms with Crippen molar-refractivity contribution in [1.82, 2.24) is 4.72 Å². The number of nitriles is 2. The molecule has 0 fully saturated rings. The van der Waals surface area contributed by atoms with E-state index >= 15 is 0 Å². The number of nitrogens with zero attached hydrogens (tertiary/aromatic N) is 2. The lowest BCUT2D eigenvalue weighted by Crippen LogP contribution is -2.39. The van der Waals surface area contributed by atoms with Crippen LogP contribution in [0.1, 0.15) is 26.7 Å². The molecule has 0 aromatic rings. The molecule has 2 unspecified atom stereocenters. The topological polar surface area (TPSA) is 93.8 Å². The van der Waals surface area contributed by atoms with Crippen LogP contribution in [0.2, 0.25) is 0 Å². The van der Waals surface area contributed by atoms with E-state index in [0.29, 0.717) is 6.42 Å². The van der Waals surface area contributed by atoms with E-state index in [-0.39, 0.29) is 6.42 Å². The predicted octanol–water partition coefficient (Wildman–Crippen LogP) is 0.510. The fourth-order valence-corrected chi connectivity index (χ4v) is 1.84. The highest BCUT2D eigenvalue weighted by atomic mass is 32.2. The molecule has 0 aliphatic heterocycles. The zero-order valence-corrected chi connectivity index (χ0v) is 9.00. The van der Waals surface area contributed by atoms with Crippen molar-refractivity contribution < 1.29 is 8.42 Å². The molecular weight excluding hydrogens is 202 g/mol. The first-order valence-corrected chi connectivity index (χ1v) is 5.80. The number of nitrogens with one attached hydrogen (secondary N) is 1. The lowest BCUT2D eigenvalue weighted by atomic mass is 10.2. The summed E-state index contributed by atoms with van der Waals surface area (Å²) in [7, 11) is -3.61. The summed E-state index contributed by atoms with van der Waals surface area (Å²) in [5.74, 6) is 0.